The van der Waals surface area contributed by atoms with Crippen molar-refractivity contribution < 1.29 is 0 Å². The van der Waals surface area contributed by atoms with Crippen molar-refractivity contribution in [2.24, 2.45) is 0 Å². The highest BCUT2D eigenvalue weighted by Crippen LogP contribution is 2.27. The van der Waals surface area contributed by atoms with Gasteiger partial charge in [0.25, 0.3) is 0 Å². The quantitative estimate of drug-likeness (QED) is 0.798. The van der Waals surface area contributed by atoms with Crippen molar-refractivity contribution in [2.45, 2.75) is 13.3 Å². The summed E-state index contributed by atoms with van der Waals surface area (Å²) in [5, 5.41) is 7.30. The summed E-state index contributed by atoms with van der Waals surface area (Å²) in [6.45, 7) is 3.07. The molecule has 0 spiro atoms. The average molecular weight is 341 g/mol. The second-order valence-corrected chi connectivity index (χ2v) is 5.40. The molecule has 100 valence electrons. The van der Waals surface area contributed by atoms with E-state index < -0.39 is 0 Å². The molecule has 0 atom stereocenters. The van der Waals surface area contributed by atoms with Crippen molar-refractivity contribution in [1.82, 2.24) is 4.98 Å². The molecule has 0 aliphatic heterocycles. The summed E-state index contributed by atoms with van der Waals surface area (Å²) in [6, 6.07) is 7.75. The molecule has 3 nitrogen and oxygen atoms in total. The monoisotopic (exact) mass is 339 g/mol. The highest BCUT2D eigenvalue weighted by Gasteiger charge is 2.01. The van der Waals surface area contributed by atoms with Crippen LogP contribution in [0.4, 0.5) is 17.1 Å². The molecule has 0 unspecified atom stereocenters. The SMILES string of the molecule is CCCNc1cncc(Nc2ccc(Cl)c(Br)c2)c1. The van der Waals surface area contributed by atoms with Gasteiger partial charge in [0, 0.05) is 16.7 Å². The second-order valence-electron chi connectivity index (χ2n) is 4.14. The number of aromatic nitrogens is 1. The molecule has 2 N–H and O–H groups in total. The predicted molar refractivity (Wildman–Crippen MR) is 85.5 cm³/mol. The molecule has 2 rings (SSSR count). The van der Waals surface area contributed by atoms with Crippen molar-refractivity contribution in [3.05, 3.63) is 46.2 Å². The summed E-state index contributed by atoms with van der Waals surface area (Å²) in [4.78, 5) is 4.21. The second kappa shape index (κ2) is 6.78. The van der Waals surface area contributed by atoms with E-state index in [4.69, 9.17) is 11.6 Å². The lowest BCUT2D eigenvalue weighted by Gasteiger charge is -2.09. The molecule has 0 fully saturated rings. The van der Waals surface area contributed by atoms with Gasteiger partial charge in [-0.25, -0.2) is 0 Å². The third kappa shape index (κ3) is 4.11. The van der Waals surface area contributed by atoms with Gasteiger partial charge in [-0.3, -0.25) is 4.98 Å². The normalized spacial score (nSPS) is 10.3. The lowest BCUT2D eigenvalue weighted by Crippen LogP contribution is -2.01. The number of rotatable bonds is 5. The molecule has 0 radical (unpaired) electrons. The Morgan fingerprint density at radius 2 is 1.95 bits per heavy atom. The fraction of sp³-hybridized carbons (Fsp3) is 0.214. The Bertz CT molecular complexity index is 560. The molecule has 0 aliphatic rings. The van der Waals surface area contributed by atoms with Crippen LogP contribution in [0.25, 0.3) is 0 Å². The highest BCUT2D eigenvalue weighted by molar-refractivity contribution is 9.10. The Morgan fingerprint density at radius 3 is 2.68 bits per heavy atom. The van der Waals surface area contributed by atoms with Gasteiger partial charge in [-0.1, -0.05) is 18.5 Å². The summed E-state index contributed by atoms with van der Waals surface area (Å²) in [5.74, 6) is 0. The van der Waals surface area contributed by atoms with Crippen LogP contribution in [0.1, 0.15) is 13.3 Å². The number of halogens is 2. The van der Waals surface area contributed by atoms with Crippen molar-refractivity contribution in [3.8, 4) is 0 Å². The minimum atomic E-state index is 0.696. The summed E-state index contributed by atoms with van der Waals surface area (Å²) in [5.41, 5.74) is 2.92. The third-order valence-corrected chi connectivity index (χ3v) is 3.74. The van der Waals surface area contributed by atoms with Crippen LogP contribution in [0.5, 0.6) is 0 Å². The number of benzene rings is 1. The Morgan fingerprint density at radius 1 is 1.16 bits per heavy atom. The first-order valence-corrected chi connectivity index (χ1v) is 7.27. The van der Waals surface area contributed by atoms with E-state index in [0.717, 1.165) is 34.5 Å². The van der Waals surface area contributed by atoms with Crippen molar-refractivity contribution >= 4 is 44.6 Å². The van der Waals surface area contributed by atoms with E-state index in [0.29, 0.717) is 5.02 Å². The van der Waals surface area contributed by atoms with Gasteiger partial charge in [-0.05, 0) is 46.6 Å². The van der Waals surface area contributed by atoms with Crippen LogP contribution < -0.4 is 10.6 Å². The Balaban J connectivity index is 2.11. The summed E-state index contributed by atoms with van der Waals surface area (Å²) in [6.07, 6.45) is 4.69. The van der Waals surface area contributed by atoms with E-state index in [1.807, 2.05) is 30.5 Å². The third-order valence-electron chi connectivity index (χ3n) is 2.53. The molecule has 2 aromatic rings. The van der Waals surface area contributed by atoms with Crippen LogP contribution in [-0.2, 0) is 0 Å². The van der Waals surface area contributed by atoms with Gasteiger partial charge in [0.1, 0.15) is 0 Å². The lowest BCUT2D eigenvalue weighted by molar-refractivity contribution is 0.978. The number of nitrogens with zero attached hydrogens (tertiary/aromatic N) is 1. The largest absolute Gasteiger partial charge is 0.384 e. The van der Waals surface area contributed by atoms with E-state index in [1.165, 1.54) is 0 Å². The maximum absolute atomic E-state index is 5.97. The molecule has 0 bridgehead atoms. The van der Waals surface area contributed by atoms with Crippen molar-refractivity contribution in [1.29, 1.82) is 0 Å². The van der Waals surface area contributed by atoms with Gasteiger partial charge in [-0.15, -0.1) is 0 Å². The smallest absolute Gasteiger partial charge is 0.0591 e. The molecule has 0 aliphatic carbocycles. The maximum Gasteiger partial charge on any atom is 0.0591 e. The van der Waals surface area contributed by atoms with Crippen LogP contribution in [0, 0.1) is 0 Å². The highest BCUT2D eigenvalue weighted by atomic mass is 79.9. The lowest BCUT2D eigenvalue weighted by atomic mass is 10.3. The Kier molecular flexibility index (Phi) is 5.05. The summed E-state index contributed by atoms with van der Waals surface area (Å²) >= 11 is 9.38. The summed E-state index contributed by atoms with van der Waals surface area (Å²) < 4.78 is 0.868. The first-order chi connectivity index (χ1) is 9.19. The van der Waals surface area contributed by atoms with Crippen molar-refractivity contribution in [2.75, 3.05) is 17.2 Å². The van der Waals surface area contributed by atoms with Gasteiger partial charge in [0.15, 0.2) is 0 Å². The maximum atomic E-state index is 5.97. The molecular formula is C14H15BrClN3. The fourth-order valence-electron chi connectivity index (χ4n) is 1.61. The van der Waals surface area contributed by atoms with Gasteiger partial charge < -0.3 is 10.6 Å². The minimum absolute atomic E-state index is 0.696. The summed E-state index contributed by atoms with van der Waals surface area (Å²) in [7, 11) is 0. The van der Waals surface area contributed by atoms with E-state index in [-0.39, 0.29) is 0 Å². The van der Waals surface area contributed by atoms with Gasteiger partial charge in [0.05, 0.1) is 28.8 Å². The predicted octanol–water partition coefficient (Wildman–Crippen LogP) is 5.06. The molecule has 19 heavy (non-hydrogen) atoms. The number of hydrogen-bond acceptors (Lipinski definition) is 3. The first kappa shape index (κ1) is 14.2. The number of anilines is 3. The molecule has 1 aromatic carbocycles. The van der Waals surface area contributed by atoms with Crippen LogP contribution in [0.2, 0.25) is 5.02 Å². The van der Waals surface area contributed by atoms with Crippen LogP contribution in [0.3, 0.4) is 0 Å². The average Bonchev–Trinajstić information content (AvgIpc) is 2.41. The molecular weight excluding hydrogens is 326 g/mol. The minimum Gasteiger partial charge on any atom is -0.384 e. The van der Waals surface area contributed by atoms with Crippen LogP contribution in [0.15, 0.2) is 41.1 Å². The molecule has 0 saturated heterocycles. The molecule has 0 amide bonds. The molecule has 1 aromatic heterocycles. The first-order valence-electron chi connectivity index (χ1n) is 6.10. The number of pyridine rings is 1. The van der Waals surface area contributed by atoms with Gasteiger partial charge in [-0.2, -0.15) is 0 Å². The van der Waals surface area contributed by atoms with Crippen LogP contribution in [-0.4, -0.2) is 11.5 Å². The van der Waals surface area contributed by atoms with E-state index in [9.17, 15) is 0 Å². The fourth-order valence-corrected chi connectivity index (χ4v) is 2.11. The number of nitrogens with one attached hydrogen (secondary N) is 2. The Hall–Kier alpha value is -1.26. The Labute approximate surface area is 126 Å². The molecule has 5 heteroatoms. The topological polar surface area (TPSA) is 37.0 Å². The van der Waals surface area contributed by atoms with E-state index in [1.54, 1.807) is 6.20 Å². The van der Waals surface area contributed by atoms with Gasteiger partial charge >= 0.3 is 0 Å². The zero-order chi connectivity index (χ0) is 13.7. The van der Waals surface area contributed by atoms with Gasteiger partial charge in [0.2, 0.25) is 0 Å². The molecule has 0 saturated carbocycles. The van der Waals surface area contributed by atoms with Crippen LogP contribution >= 0.6 is 27.5 Å². The molecule has 1 heterocycles. The number of hydrogen-bond donors (Lipinski definition) is 2. The van der Waals surface area contributed by atoms with Crippen molar-refractivity contribution in [3.63, 3.8) is 0 Å². The zero-order valence-corrected chi connectivity index (χ0v) is 12.9. The van der Waals surface area contributed by atoms with E-state index in [2.05, 4.69) is 38.5 Å². The van der Waals surface area contributed by atoms with E-state index >= 15 is 0 Å². The zero-order valence-electron chi connectivity index (χ0n) is 10.6. The standard InChI is InChI=1S/C14H15BrClN3/c1-2-5-18-11-6-12(9-17-8-11)19-10-3-4-14(16)13(15)7-10/h3-4,6-9,18-19H,2,5H2,1H3.